The quantitative estimate of drug-likeness (QED) is 0.772. The first-order valence-electron chi connectivity index (χ1n) is 6.54. The third-order valence-electron chi connectivity index (χ3n) is 2.75. The first kappa shape index (κ1) is 17.3. The predicted octanol–water partition coefficient (Wildman–Crippen LogP) is 4.47. The third kappa shape index (κ3) is 4.97. The summed E-state index contributed by atoms with van der Waals surface area (Å²) in [5.74, 6) is -1.78. The summed E-state index contributed by atoms with van der Waals surface area (Å²) >= 11 is 11.8. The second-order valence-electron chi connectivity index (χ2n) is 4.40. The van der Waals surface area contributed by atoms with Crippen molar-refractivity contribution in [3.63, 3.8) is 0 Å². The van der Waals surface area contributed by atoms with Gasteiger partial charge in [0.2, 0.25) is 0 Å². The van der Waals surface area contributed by atoms with Crippen molar-refractivity contribution in [2.45, 2.75) is 0 Å². The van der Waals surface area contributed by atoms with Crippen LogP contribution in [-0.2, 0) is 0 Å². The number of hydrogen-bond acceptors (Lipinski definition) is 2. The lowest BCUT2D eigenvalue weighted by Gasteiger charge is -2.11. The maximum Gasteiger partial charge on any atom is 0.319 e. The highest BCUT2D eigenvalue weighted by molar-refractivity contribution is 6.39. The minimum atomic E-state index is -0.999. The molecule has 0 aliphatic rings. The molecule has 0 saturated carbocycles. The molecule has 0 fully saturated rings. The number of nitrogens with one attached hydrogen (secondary N) is 2. The van der Waals surface area contributed by atoms with Gasteiger partial charge < -0.3 is 15.4 Å². The zero-order chi connectivity index (χ0) is 16.8. The predicted molar refractivity (Wildman–Crippen MR) is 85.3 cm³/mol. The van der Waals surface area contributed by atoms with Gasteiger partial charge >= 0.3 is 6.03 Å². The fourth-order valence-corrected chi connectivity index (χ4v) is 2.17. The molecule has 2 amide bonds. The maximum atomic E-state index is 13.0. The SMILES string of the molecule is O=C(NCCOc1ccc(F)c(F)c1)Nc1c(Cl)cccc1Cl. The van der Waals surface area contributed by atoms with Crippen molar-refractivity contribution in [3.8, 4) is 5.75 Å². The number of ether oxygens (including phenoxy) is 1. The normalized spacial score (nSPS) is 10.3. The van der Waals surface area contributed by atoms with Crippen LogP contribution in [0.15, 0.2) is 36.4 Å². The van der Waals surface area contributed by atoms with Gasteiger partial charge in [-0.15, -0.1) is 0 Å². The first-order valence-corrected chi connectivity index (χ1v) is 7.29. The molecule has 2 aromatic rings. The molecule has 0 unspecified atom stereocenters. The van der Waals surface area contributed by atoms with Gasteiger partial charge in [-0.25, -0.2) is 13.6 Å². The smallest absolute Gasteiger partial charge is 0.319 e. The maximum absolute atomic E-state index is 13.0. The molecule has 0 spiro atoms. The topological polar surface area (TPSA) is 50.4 Å². The Morgan fingerprint density at radius 3 is 2.43 bits per heavy atom. The molecule has 0 atom stereocenters. The molecule has 0 heterocycles. The fraction of sp³-hybridized carbons (Fsp3) is 0.133. The molecule has 0 aliphatic carbocycles. The molecule has 0 saturated heterocycles. The van der Waals surface area contributed by atoms with Crippen molar-refractivity contribution in [1.29, 1.82) is 0 Å². The van der Waals surface area contributed by atoms with Crippen molar-refractivity contribution in [1.82, 2.24) is 5.32 Å². The van der Waals surface area contributed by atoms with Gasteiger partial charge in [0.25, 0.3) is 0 Å². The van der Waals surface area contributed by atoms with Gasteiger partial charge in [-0.3, -0.25) is 0 Å². The van der Waals surface area contributed by atoms with Crippen LogP contribution in [0.25, 0.3) is 0 Å². The third-order valence-corrected chi connectivity index (χ3v) is 3.38. The molecule has 122 valence electrons. The molecule has 8 heteroatoms. The Balaban J connectivity index is 1.78. The van der Waals surface area contributed by atoms with Gasteiger partial charge in [0.05, 0.1) is 22.3 Å². The average Bonchev–Trinajstić information content (AvgIpc) is 2.51. The van der Waals surface area contributed by atoms with Crippen LogP contribution in [0.2, 0.25) is 10.0 Å². The van der Waals surface area contributed by atoms with E-state index in [0.717, 1.165) is 12.1 Å². The van der Waals surface area contributed by atoms with Crippen LogP contribution in [0.4, 0.5) is 19.3 Å². The number of benzene rings is 2. The van der Waals surface area contributed by atoms with E-state index in [2.05, 4.69) is 10.6 Å². The van der Waals surface area contributed by atoms with Crippen LogP contribution in [0.1, 0.15) is 0 Å². The molecule has 0 aliphatic heterocycles. The number of halogens is 4. The van der Waals surface area contributed by atoms with Crippen LogP contribution >= 0.6 is 23.2 Å². The lowest BCUT2D eigenvalue weighted by Crippen LogP contribution is -2.32. The monoisotopic (exact) mass is 360 g/mol. The molecule has 0 radical (unpaired) electrons. The van der Waals surface area contributed by atoms with Gasteiger partial charge in [-0.2, -0.15) is 0 Å². The number of hydrogen-bond donors (Lipinski definition) is 2. The van der Waals surface area contributed by atoms with Gasteiger partial charge in [-0.05, 0) is 24.3 Å². The largest absolute Gasteiger partial charge is 0.492 e. The lowest BCUT2D eigenvalue weighted by molar-refractivity contribution is 0.247. The molecule has 0 bridgehead atoms. The Morgan fingerprint density at radius 2 is 1.78 bits per heavy atom. The molecule has 2 aromatic carbocycles. The van der Waals surface area contributed by atoms with Gasteiger partial charge in [0.1, 0.15) is 12.4 Å². The molecular weight excluding hydrogens is 349 g/mol. The zero-order valence-electron chi connectivity index (χ0n) is 11.7. The highest BCUT2D eigenvalue weighted by atomic mass is 35.5. The van der Waals surface area contributed by atoms with E-state index in [4.69, 9.17) is 27.9 Å². The minimum Gasteiger partial charge on any atom is -0.492 e. The Hall–Kier alpha value is -2.05. The molecule has 4 nitrogen and oxygen atoms in total. The summed E-state index contributed by atoms with van der Waals surface area (Å²) in [7, 11) is 0. The number of carbonyl (C=O) groups excluding carboxylic acids is 1. The summed E-state index contributed by atoms with van der Waals surface area (Å²) < 4.78 is 30.9. The van der Waals surface area contributed by atoms with Crippen LogP contribution in [0.5, 0.6) is 5.75 Å². The highest BCUT2D eigenvalue weighted by Gasteiger charge is 2.09. The van der Waals surface area contributed by atoms with E-state index in [9.17, 15) is 13.6 Å². The lowest BCUT2D eigenvalue weighted by atomic mass is 10.3. The second kappa shape index (κ2) is 7.99. The van der Waals surface area contributed by atoms with Crippen molar-refractivity contribution < 1.29 is 18.3 Å². The Labute approximate surface area is 141 Å². The number of carbonyl (C=O) groups is 1. The van der Waals surface area contributed by atoms with E-state index in [1.807, 2.05) is 0 Å². The van der Waals surface area contributed by atoms with Crippen molar-refractivity contribution >= 4 is 34.9 Å². The Bertz CT molecular complexity index is 694. The summed E-state index contributed by atoms with van der Waals surface area (Å²) in [6.45, 7) is 0.224. The summed E-state index contributed by atoms with van der Waals surface area (Å²) in [4.78, 5) is 11.7. The van der Waals surface area contributed by atoms with E-state index in [-0.39, 0.29) is 18.9 Å². The fourth-order valence-electron chi connectivity index (χ4n) is 1.68. The molecule has 2 rings (SSSR count). The van der Waals surface area contributed by atoms with Gasteiger partial charge in [-0.1, -0.05) is 29.3 Å². The summed E-state index contributed by atoms with van der Waals surface area (Å²) in [5, 5.41) is 5.66. The molecular formula is C15H12Cl2F2N2O2. The van der Waals surface area contributed by atoms with Crippen molar-refractivity contribution in [2.75, 3.05) is 18.5 Å². The molecule has 0 aromatic heterocycles. The molecule has 23 heavy (non-hydrogen) atoms. The van der Waals surface area contributed by atoms with E-state index in [0.29, 0.717) is 15.7 Å². The van der Waals surface area contributed by atoms with Gasteiger partial charge in [0.15, 0.2) is 11.6 Å². The summed E-state index contributed by atoms with van der Waals surface area (Å²) in [6, 6.07) is 7.51. The van der Waals surface area contributed by atoms with E-state index < -0.39 is 17.7 Å². The summed E-state index contributed by atoms with van der Waals surface area (Å²) in [5.41, 5.74) is 0.301. The molecule has 2 N–H and O–H groups in total. The number of anilines is 1. The van der Waals surface area contributed by atoms with E-state index >= 15 is 0 Å². The van der Waals surface area contributed by atoms with Crippen LogP contribution < -0.4 is 15.4 Å². The van der Waals surface area contributed by atoms with E-state index in [1.54, 1.807) is 18.2 Å². The summed E-state index contributed by atoms with van der Waals surface area (Å²) in [6.07, 6.45) is 0. The van der Waals surface area contributed by atoms with Crippen LogP contribution in [0, 0.1) is 11.6 Å². The van der Waals surface area contributed by atoms with Crippen LogP contribution in [0.3, 0.4) is 0 Å². The van der Waals surface area contributed by atoms with Crippen molar-refractivity contribution in [2.24, 2.45) is 0 Å². The first-order chi connectivity index (χ1) is 11.0. The van der Waals surface area contributed by atoms with Crippen LogP contribution in [-0.4, -0.2) is 19.2 Å². The van der Waals surface area contributed by atoms with Crippen molar-refractivity contribution in [3.05, 3.63) is 58.1 Å². The second-order valence-corrected chi connectivity index (χ2v) is 5.22. The minimum absolute atomic E-state index is 0.0781. The number of para-hydroxylation sites is 1. The average molecular weight is 361 g/mol. The number of amides is 2. The Kier molecular flexibility index (Phi) is 6.01. The zero-order valence-corrected chi connectivity index (χ0v) is 13.2. The Morgan fingerprint density at radius 1 is 1.09 bits per heavy atom. The highest BCUT2D eigenvalue weighted by Crippen LogP contribution is 2.29. The van der Waals surface area contributed by atoms with Gasteiger partial charge in [0, 0.05) is 6.07 Å². The standard InChI is InChI=1S/C15H12Cl2F2N2O2/c16-10-2-1-3-11(17)14(10)21-15(22)20-6-7-23-9-4-5-12(18)13(19)8-9/h1-5,8H,6-7H2,(H2,20,21,22). The number of urea groups is 1. The van der Waals surface area contributed by atoms with E-state index in [1.165, 1.54) is 6.07 Å². The number of rotatable bonds is 5.